The van der Waals surface area contributed by atoms with Crippen molar-refractivity contribution in [2.75, 3.05) is 0 Å². The van der Waals surface area contributed by atoms with Gasteiger partial charge in [-0.1, -0.05) is 31.5 Å². The van der Waals surface area contributed by atoms with E-state index in [4.69, 9.17) is 0 Å². The molecule has 0 aliphatic carbocycles. The first-order valence-electron chi connectivity index (χ1n) is 5.27. The molecule has 0 saturated heterocycles. The Balaban J connectivity index is 3.01. The zero-order valence-corrected chi connectivity index (χ0v) is 9.59. The Labute approximate surface area is 86.8 Å². The molecule has 1 heteroatoms. The molecule has 0 aliphatic heterocycles. The maximum atomic E-state index is 10.2. The van der Waals surface area contributed by atoms with Crippen molar-refractivity contribution in [3.05, 3.63) is 34.9 Å². The first-order chi connectivity index (χ1) is 6.47. The monoisotopic (exact) mass is 192 g/mol. The van der Waals surface area contributed by atoms with Gasteiger partial charge in [-0.05, 0) is 43.9 Å². The zero-order chi connectivity index (χ0) is 10.8. The predicted molar refractivity (Wildman–Crippen MR) is 60.4 cm³/mol. The number of rotatable bonds is 3. The molecule has 1 unspecified atom stereocenters. The van der Waals surface area contributed by atoms with E-state index in [1.807, 2.05) is 13.0 Å². The third kappa shape index (κ3) is 2.36. The highest BCUT2D eigenvalue weighted by atomic mass is 16.3. The fourth-order valence-electron chi connectivity index (χ4n) is 1.71. The van der Waals surface area contributed by atoms with Crippen LogP contribution in [0.5, 0.6) is 0 Å². The predicted octanol–water partition coefficient (Wildman–Crippen LogP) is 3.31. The highest BCUT2D eigenvalue weighted by molar-refractivity contribution is 5.32. The topological polar surface area (TPSA) is 20.2 Å². The Morgan fingerprint density at radius 1 is 1.21 bits per heavy atom. The average molecular weight is 192 g/mol. The molecule has 0 spiro atoms. The Hall–Kier alpha value is -0.820. The molecule has 1 N–H and O–H groups in total. The van der Waals surface area contributed by atoms with Crippen LogP contribution >= 0.6 is 0 Å². The summed E-state index contributed by atoms with van der Waals surface area (Å²) in [7, 11) is 0. The van der Waals surface area contributed by atoms with E-state index >= 15 is 0 Å². The van der Waals surface area contributed by atoms with Gasteiger partial charge in [-0.2, -0.15) is 0 Å². The first kappa shape index (κ1) is 11.3. The van der Waals surface area contributed by atoms with E-state index in [1.54, 1.807) is 0 Å². The fraction of sp³-hybridized carbons (Fsp3) is 0.538. The van der Waals surface area contributed by atoms with E-state index in [0.29, 0.717) is 0 Å². The van der Waals surface area contributed by atoms with Gasteiger partial charge in [-0.15, -0.1) is 0 Å². The highest BCUT2D eigenvalue weighted by Crippen LogP contribution is 2.27. The van der Waals surface area contributed by atoms with Crippen LogP contribution in [0.15, 0.2) is 18.2 Å². The van der Waals surface area contributed by atoms with Crippen LogP contribution in [-0.4, -0.2) is 5.11 Å². The molecular formula is C13H20O. The largest absolute Gasteiger partial charge is 0.385 e. The molecule has 0 saturated carbocycles. The quantitative estimate of drug-likeness (QED) is 0.779. The van der Waals surface area contributed by atoms with Crippen molar-refractivity contribution in [3.8, 4) is 0 Å². The lowest BCUT2D eigenvalue weighted by molar-refractivity contribution is 0.0469. The SMILES string of the molecule is CCCC(C)(O)c1ccc(C)c(C)c1. The van der Waals surface area contributed by atoms with Gasteiger partial charge in [0.2, 0.25) is 0 Å². The maximum Gasteiger partial charge on any atom is 0.0868 e. The second kappa shape index (κ2) is 4.14. The van der Waals surface area contributed by atoms with Crippen LogP contribution < -0.4 is 0 Å². The smallest absolute Gasteiger partial charge is 0.0868 e. The van der Waals surface area contributed by atoms with Crippen LogP contribution in [0, 0.1) is 13.8 Å². The lowest BCUT2D eigenvalue weighted by Crippen LogP contribution is -2.20. The molecule has 0 heterocycles. The van der Waals surface area contributed by atoms with Crippen LogP contribution in [0.1, 0.15) is 43.4 Å². The van der Waals surface area contributed by atoms with Gasteiger partial charge in [-0.3, -0.25) is 0 Å². The summed E-state index contributed by atoms with van der Waals surface area (Å²) in [5.74, 6) is 0. The van der Waals surface area contributed by atoms with Crippen molar-refractivity contribution in [2.45, 2.75) is 46.1 Å². The molecule has 0 aromatic heterocycles. The van der Waals surface area contributed by atoms with E-state index in [1.165, 1.54) is 11.1 Å². The van der Waals surface area contributed by atoms with Crippen molar-refractivity contribution in [1.29, 1.82) is 0 Å². The number of hydrogen-bond donors (Lipinski definition) is 1. The Kier molecular flexibility index (Phi) is 3.33. The zero-order valence-electron chi connectivity index (χ0n) is 9.59. The Morgan fingerprint density at radius 3 is 2.36 bits per heavy atom. The lowest BCUT2D eigenvalue weighted by Gasteiger charge is -2.24. The number of hydrogen-bond acceptors (Lipinski definition) is 1. The Bertz CT molecular complexity index is 313. The molecule has 1 nitrogen and oxygen atoms in total. The molecule has 14 heavy (non-hydrogen) atoms. The molecule has 0 fully saturated rings. The summed E-state index contributed by atoms with van der Waals surface area (Å²) in [6.45, 7) is 8.16. The van der Waals surface area contributed by atoms with Crippen LogP contribution in [0.4, 0.5) is 0 Å². The molecule has 1 aromatic carbocycles. The lowest BCUT2D eigenvalue weighted by atomic mass is 9.89. The van der Waals surface area contributed by atoms with Crippen molar-refractivity contribution in [3.63, 3.8) is 0 Å². The molecule has 1 atom stereocenters. The van der Waals surface area contributed by atoms with Gasteiger partial charge in [0.25, 0.3) is 0 Å². The number of aliphatic hydroxyl groups is 1. The van der Waals surface area contributed by atoms with E-state index in [0.717, 1.165) is 18.4 Å². The van der Waals surface area contributed by atoms with Crippen molar-refractivity contribution >= 4 is 0 Å². The van der Waals surface area contributed by atoms with Gasteiger partial charge in [0.15, 0.2) is 0 Å². The fourth-order valence-corrected chi connectivity index (χ4v) is 1.71. The minimum Gasteiger partial charge on any atom is -0.385 e. The molecule has 0 amide bonds. The van der Waals surface area contributed by atoms with Crippen LogP contribution in [0.2, 0.25) is 0 Å². The number of benzene rings is 1. The third-order valence-corrected chi connectivity index (χ3v) is 2.87. The second-order valence-corrected chi connectivity index (χ2v) is 4.32. The minimum absolute atomic E-state index is 0.673. The molecule has 0 aliphatic rings. The second-order valence-electron chi connectivity index (χ2n) is 4.32. The van der Waals surface area contributed by atoms with Crippen molar-refractivity contribution in [1.82, 2.24) is 0 Å². The average Bonchev–Trinajstić information content (AvgIpc) is 2.09. The minimum atomic E-state index is -0.673. The molecule has 78 valence electrons. The maximum absolute atomic E-state index is 10.2. The number of aryl methyl sites for hydroxylation is 2. The summed E-state index contributed by atoms with van der Waals surface area (Å²) in [4.78, 5) is 0. The molecular weight excluding hydrogens is 172 g/mol. The van der Waals surface area contributed by atoms with Gasteiger partial charge in [-0.25, -0.2) is 0 Å². The normalized spacial score (nSPS) is 15.2. The van der Waals surface area contributed by atoms with Crippen molar-refractivity contribution < 1.29 is 5.11 Å². The van der Waals surface area contributed by atoms with Gasteiger partial charge < -0.3 is 5.11 Å². The van der Waals surface area contributed by atoms with E-state index in [9.17, 15) is 5.11 Å². The molecule has 0 radical (unpaired) electrons. The molecule has 1 rings (SSSR count). The summed E-state index contributed by atoms with van der Waals surface area (Å²) in [6, 6.07) is 6.19. The summed E-state index contributed by atoms with van der Waals surface area (Å²) in [5, 5.41) is 10.2. The van der Waals surface area contributed by atoms with E-state index < -0.39 is 5.60 Å². The van der Waals surface area contributed by atoms with Gasteiger partial charge in [0, 0.05) is 0 Å². The summed E-state index contributed by atoms with van der Waals surface area (Å²) < 4.78 is 0. The molecule has 0 bridgehead atoms. The van der Waals surface area contributed by atoms with Gasteiger partial charge in [0.05, 0.1) is 5.60 Å². The third-order valence-electron chi connectivity index (χ3n) is 2.87. The van der Waals surface area contributed by atoms with Crippen LogP contribution in [-0.2, 0) is 5.60 Å². The van der Waals surface area contributed by atoms with Gasteiger partial charge in [0.1, 0.15) is 0 Å². The summed E-state index contributed by atoms with van der Waals surface area (Å²) >= 11 is 0. The van der Waals surface area contributed by atoms with Crippen LogP contribution in [0.3, 0.4) is 0 Å². The first-order valence-corrected chi connectivity index (χ1v) is 5.27. The summed E-state index contributed by atoms with van der Waals surface area (Å²) in [6.07, 6.45) is 1.81. The van der Waals surface area contributed by atoms with Gasteiger partial charge >= 0.3 is 0 Å². The van der Waals surface area contributed by atoms with Crippen LogP contribution in [0.25, 0.3) is 0 Å². The standard InChI is InChI=1S/C13H20O/c1-5-8-13(4,14)12-7-6-10(2)11(3)9-12/h6-7,9,14H,5,8H2,1-4H3. The highest BCUT2D eigenvalue weighted by Gasteiger charge is 2.21. The molecule has 1 aromatic rings. The van der Waals surface area contributed by atoms with E-state index in [-0.39, 0.29) is 0 Å². The van der Waals surface area contributed by atoms with E-state index in [2.05, 4.69) is 32.9 Å². The summed E-state index contributed by atoms with van der Waals surface area (Å²) in [5.41, 5.74) is 2.88. The van der Waals surface area contributed by atoms with Crippen molar-refractivity contribution in [2.24, 2.45) is 0 Å². The Morgan fingerprint density at radius 2 is 1.86 bits per heavy atom.